The van der Waals surface area contributed by atoms with Crippen LogP contribution in [-0.2, 0) is 0 Å². The van der Waals surface area contributed by atoms with Gasteiger partial charge in [-0.25, -0.2) is 9.97 Å². The molecule has 2 aromatic carbocycles. The van der Waals surface area contributed by atoms with Gasteiger partial charge < -0.3 is 4.74 Å². The summed E-state index contributed by atoms with van der Waals surface area (Å²) in [6.45, 7) is 0. The smallest absolute Gasteiger partial charge is 0.259 e. The Morgan fingerprint density at radius 3 is 2.73 bits per heavy atom. The lowest BCUT2D eigenvalue weighted by Crippen LogP contribution is -2.12. The minimum atomic E-state index is -0.251. The molecule has 2 heterocycles. The Morgan fingerprint density at radius 2 is 1.92 bits per heavy atom. The Kier molecular flexibility index (Phi) is 4.33. The SMILES string of the molecule is COc1ccc(C(=O)Nc2nc(-c3cccc4ccccc34)cs2)cn1. The van der Waals surface area contributed by atoms with Crippen molar-refractivity contribution in [2.75, 3.05) is 12.4 Å². The number of anilines is 1. The zero-order chi connectivity index (χ0) is 17.9. The highest BCUT2D eigenvalue weighted by molar-refractivity contribution is 7.14. The number of hydrogen-bond acceptors (Lipinski definition) is 5. The number of carbonyl (C=O) groups excluding carboxylic acids is 1. The summed E-state index contributed by atoms with van der Waals surface area (Å²) in [6, 6.07) is 17.6. The van der Waals surface area contributed by atoms with Crippen LogP contribution in [0.3, 0.4) is 0 Å². The van der Waals surface area contributed by atoms with Gasteiger partial charge >= 0.3 is 0 Å². The number of aromatic nitrogens is 2. The van der Waals surface area contributed by atoms with Crippen LogP contribution in [0.4, 0.5) is 5.13 Å². The molecule has 1 N–H and O–H groups in total. The van der Waals surface area contributed by atoms with Gasteiger partial charge in [0.2, 0.25) is 5.88 Å². The number of amides is 1. The highest BCUT2D eigenvalue weighted by Gasteiger charge is 2.12. The third-order valence-corrected chi connectivity index (χ3v) is 4.76. The van der Waals surface area contributed by atoms with Gasteiger partial charge in [0.05, 0.1) is 18.4 Å². The molecular formula is C20H15N3O2S. The molecule has 0 spiro atoms. The lowest BCUT2D eigenvalue weighted by molar-refractivity contribution is 0.102. The van der Waals surface area contributed by atoms with Crippen LogP contribution in [0.2, 0.25) is 0 Å². The number of fused-ring (bicyclic) bond motifs is 1. The maximum atomic E-state index is 12.3. The number of methoxy groups -OCH3 is 1. The van der Waals surface area contributed by atoms with Gasteiger partial charge in [0.15, 0.2) is 5.13 Å². The van der Waals surface area contributed by atoms with E-state index in [0.29, 0.717) is 16.6 Å². The minimum Gasteiger partial charge on any atom is -0.481 e. The van der Waals surface area contributed by atoms with Gasteiger partial charge in [0.25, 0.3) is 5.91 Å². The molecule has 0 saturated heterocycles. The van der Waals surface area contributed by atoms with Crippen molar-refractivity contribution in [3.8, 4) is 17.1 Å². The normalized spacial score (nSPS) is 10.7. The molecule has 0 saturated carbocycles. The first-order valence-electron chi connectivity index (χ1n) is 7.99. The second-order valence-electron chi connectivity index (χ2n) is 5.61. The highest BCUT2D eigenvalue weighted by atomic mass is 32.1. The van der Waals surface area contributed by atoms with Crippen LogP contribution in [0.5, 0.6) is 5.88 Å². The number of carbonyl (C=O) groups is 1. The highest BCUT2D eigenvalue weighted by Crippen LogP contribution is 2.31. The zero-order valence-corrected chi connectivity index (χ0v) is 14.8. The van der Waals surface area contributed by atoms with Crippen LogP contribution in [0, 0.1) is 0 Å². The standard InChI is InChI=1S/C20H15N3O2S/c1-25-18-10-9-14(11-21-18)19(24)23-20-22-17(12-26-20)16-8-4-6-13-5-2-3-7-15(13)16/h2-12H,1H3,(H,22,23,24). The number of nitrogens with zero attached hydrogens (tertiary/aromatic N) is 2. The van der Waals surface area contributed by atoms with Crippen molar-refractivity contribution in [2.45, 2.75) is 0 Å². The predicted octanol–water partition coefficient (Wildman–Crippen LogP) is 4.62. The second kappa shape index (κ2) is 6.93. The molecule has 5 nitrogen and oxygen atoms in total. The lowest BCUT2D eigenvalue weighted by Gasteiger charge is -2.04. The molecule has 26 heavy (non-hydrogen) atoms. The summed E-state index contributed by atoms with van der Waals surface area (Å²) in [4.78, 5) is 21.0. The molecule has 4 aromatic rings. The molecule has 0 radical (unpaired) electrons. The first kappa shape index (κ1) is 16.2. The van der Waals surface area contributed by atoms with E-state index in [0.717, 1.165) is 22.0 Å². The third kappa shape index (κ3) is 3.14. The van der Waals surface area contributed by atoms with Gasteiger partial charge in [-0.05, 0) is 16.8 Å². The minimum absolute atomic E-state index is 0.251. The number of rotatable bonds is 4. The predicted molar refractivity (Wildman–Crippen MR) is 104 cm³/mol. The molecule has 0 fully saturated rings. The number of thiazole rings is 1. The Morgan fingerprint density at radius 1 is 1.08 bits per heavy atom. The van der Waals surface area contributed by atoms with Gasteiger partial charge in [0.1, 0.15) is 0 Å². The number of benzene rings is 2. The quantitative estimate of drug-likeness (QED) is 0.576. The summed E-state index contributed by atoms with van der Waals surface area (Å²) >= 11 is 1.40. The van der Waals surface area contributed by atoms with E-state index < -0.39 is 0 Å². The van der Waals surface area contributed by atoms with Crippen molar-refractivity contribution < 1.29 is 9.53 Å². The van der Waals surface area contributed by atoms with Crippen molar-refractivity contribution in [1.82, 2.24) is 9.97 Å². The van der Waals surface area contributed by atoms with Crippen molar-refractivity contribution >= 4 is 33.1 Å². The fourth-order valence-electron chi connectivity index (χ4n) is 2.71. The number of hydrogen-bond donors (Lipinski definition) is 1. The molecule has 0 aliphatic heterocycles. The van der Waals surface area contributed by atoms with Crippen LogP contribution < -0.4 is 10.1 Å². The van der Waals surface area contributed by atoms with E-state index in [1.807, 2.05) is 29.6 Å². The van der Waals surface area contributed by atoms with Gasteiger partial charge in [-0.2, -0.15) is 0 Å². The first-order valence-corrected chi connectivity index (χ1v) is 8.87. The van der Waals surface area contributed by atoms with E-state index in [-0.39, 0.29) is 5.91 Å². The van der Waals surface area contributed by atoms with E-state index in [1.54, 1.807) is 12.1 Å². The molecule has 6 heteroatoms. The summed E-state index contributed by atoms with van der Waals surface area (Å²) in [7, 11) is 1.53. The molecule has 0 unspecified atom stereocenters. The largest absolute Gasteiger partial charge is 0.481 e. The number of pyridine rings is 1. The topological polar surface area (TPSA) is 64.1 Å². The summed E-state index contributed by atoms with van der Waals surface area (Å²) in [6.07, 6.45) is 1.48. The average molecular weight is 361 g/mol. The van der Waals surface area contributed by atoms with E-state index in [9.17, 15) is 4.79 Å². The van der Waals surface area contributed by atoms with E-state index in [1.165, 1.54) is 24.6 Å². The molecule has 4 rings (SSSR count). The summed E-state index contributed by atoms with van der Waals surface area (Å²) < 4.78 is 5.00. The lowest BCUT2D eigenvalue weighted by atomic mass is 10.0. The molecule has 128 valence electrons. The molecule has 0 bridgehead atoms. The van der Waals surface area contributed by atoms with Crippen LogP contribution in [0.25, 0.3) is 22.0 Å². The zero-order valence-electron chi connectivity index (χ0n) is 14.0. The van der Waals surface area contributed by atoms with E-state index in [2.05, 4.69) is 33.5 Å². The molecule has 2 aromatic heterocycles. The second-order valence-corrected chi connectivity index (χ2v) is 6.47. The molecular weight excluding hydrogens is 346 g/mol. The van der Waals surface area contributed by atoms with E-state index >= 15 is 0 Å². The molecule has 0 atom stereocenters. The summed E-state index contributed by atoms with van der Waals surface area (Å²) in [5, 5.41) is 7.62. The molecule has 1 amide bonds. The maximum Gasteiger partial charge on any atom is 0.259 e. The monoisotopic (exact) mass is 361 g/mol. The fraction of sp³-hybridized carbons (Fsp3) is 0.0500. The Balaban J connectivity index is 1.58. The third-order valence-electron chi connectivity index (χ3n) is 4.00. The Hall–Kier alpha value is -3.25. The maximum absolute atomic E-state index is 12.3. The van der Waals surface area contributed by atoms with Crippen molar-refractivity contribution in [3.63, 3.8) is 0 Å². The van der Waals surface area contributed by atoms with Crippen LogP contribution in [0.15, 0.2) is 66.2 Å². The van der Waals surface area contributed by atoms with Crippen LogP contribution in [0.1, 0.15) is 10.4 Å². The average Bonchev–Trinajstić information content (AvgIpc) is 3.15. The molecule has 0 aliphatic rings. The van der Waals surface area contributed by atoms with Gasteiger partial charge in [-0.1, -0.05) is 42.5 Å². The fourth-order valence-corrected chi connectivity index (χ4v) is 3.41. The van der Waals surface area contributed by atoms with Crippen molar-refractivity contribution in [1.29, 1.82) is 0 Å². The van der Waals surface area contributed by atoms with Gasteiger partial charge in [-0.3, -0.25) is 10.1 Å². The van der Waals surface area contributed by atoms with Crippen LogP contribution in [-0.4, -0.2) is 23.0 Å². The van der Waals surface area contributed by atoms with E-state index in [4.69, 9.17) is 4.74 Å². The Labute approximate surface area is 154 Å². The molecule has 0 aliphatic carbocycles. The number of nitrogens with one attached hydrogen (secondary N) is 1. The van der Waals surface area contributed by atoms with Crippen molar-refractivity contribution in [2.24, 2.45) is 0 Å². The summed E-state index contributed by atoms with van der Waals surface area (Å²) in [5.74, 6) is 0.216. The van der Waals surface area contributed by atoms with Gasteiger partial charge in [-0.15, -0.1) is 11.3 Å². The Bertz CT molecular complexity index is 1070. The van der Waals surface area contributed by atoms with Gasteiger partial charge in [0, 0.05) is 23.2 Å². The number of ether oxygens (including phenoxy) is 1. The van der Waals surface area contributed by atoms with Crippen molar-refractivity contribution in [3.05, 3.63) is 71.7 Å². The summed E-state index contributed by atoms with van der Waals surface area (Å²) in [5.41, 5.74) is 2.34. The van der Waals surface area contributed by atoms with Crippen LogP contribution >= 0.6 is 11.3 Å². The first-order chi connectivity index (χ1) is 12.7.